The number of nitrogens with zero attached hydrogens (tertiary/aromatic N) is 1. The van der Waals surface area contributed by atoms with Crippen molar-refractivity contribution in [2.75, 3.05) is 27.2 Å². The van der Waals surface area contributed by atoms with Gasteiger partial charge in [0.1, 0.15) is 6.61 Å². The molecule has 1 unspecified atom stereocenters. The Hall–Kier alpha value is -2.08. The third-order valence-corrected chi connectivity index (χ3v) is 7.04. The van der Waals surface area contributed by atoms with E-state index in [2.05, 4.69) is 30.4 Å². The minimum Gasteiger partial charge on any atom is -0.445 e. The van der Waals surface area contributed by atoms with Crippen molar-refractivity contribution in [2.45, 2.75) is 122 Å². The molecular weight excluding hydrogens is 462 g/mol. The Balaban J connectivity index is 2.23. The van der Waals surface area contributed by atoms with Gasteiger partial charge < -0.3 is 20.7 Å². The third kappa shape index (κ3) is 17.9. The van der Waals surface area contributed by atoms with Gasteiger partial charge in [-0.2, -0.15) is 0 Å². The third-order valence-electron chi connectivity index (χ3n) is 7.04. The van der Waals surface area contributed by atoms with Gasteiger partial charge in [-0.05, 0) is 50.4 Å². The highest BCUT2D eigenvalue weighted by molar-refractivity contribution is 5.73. The van der Waals surface area contributed by atoms with Crippen molar-refractivity contribution >= 4 is 12.0 Å². The molecule has 1 rings (SSSR count). The zero-order chi connectivity index (χ0) is 27.1. The molecule has 2 amide bonds. The predicted molar refractivity (Wildman–Crippen MR) is 155 cm³/mol. The number of benzene rings is 1. The summed E-state index contributed by atoms with van der Waals surface area (Å²) in [6, 6.07) is 8.48. The van der Waals surface area contributed by atoms with E-state index >= 15 is 0 Å². The second-order valence-electron chi connectivity index (χ2n) is 10.7. The van der Waals surface area contributed by atoms with Gasteiger partial charge in [0.15, 0.2) is 0 Å². The number of nitrogens with one attached hydrogen (secondary N) is 1. The molecule has 1 aromatic carbocycles. The molecule has 0 saturated carbocycles. The number of alkyl carbamates (subject to hydrolysis) is 1. The Morgan fingerprint density at radius 3 is 2.00 bits per heavy atom. The summed E-state index contributed by atoms with van der Waals surface area (Å²) < 4.78 is 5.52. The molecule has 37 heavy (non-hydrogen) atoms. The summed E-state index contributed by atoms with van der Waals surface area (Å²) in [7, 11) is 3.97. The van der Waals surface area contributed by atoms with E-state index in [1.807, 2.05) is 25.1 Å². The Morgan fingerprint density at radius 2 is 1.43 bits per heavy atom. The molecule has 1 atom stereocenters. The number of hydrogen-bond donors (Lipinski definition) is 2. The van der Waals surface area contributed by atoms with Crippen LogP contribution >= 0.6 is 0 Å². The molecule has 6 nitrogen and oxygen atoms in total. The smallest absolute Gasteiger partial charge is 0.407 e. The van der Waals surface area contributed by atoms with Crippen molar-refractivity contribution in [3.8, 4) is 0 Å². The van der Waals surface area contributed by atoms with Crippen LogP contribution in [0.15, 0.2) is 24.3 Å². The van der Waals surface area contributed by atoms with Gasteiger partial charge in [0, 0.05) is 19.5 Å². The van der Waals surface area contributed by atoms with Gasteiger partial charge in [0.25, 0.3) is 0 Å². The van der Waals surface area contributed by atoms with Gasteiger partial charge in [-0.15, -0.1) is 0 Å². The summed E-state index contributed by atoms with van der Waals surface area (Å²) in [5, 5.41) is 2.82. The van der Waals surface area contributed by atoms with Crippen LogP contribution in [0, 0.1) is 0 Å². The highest BCUT2D eigenvalue weighted by atomic mass is 16.5. The van der Waals surface area contributed by atoms with Crippen LogP contribution in [0.25, 0.3) is 0 Å². The molecule has 0 aliphatic rings. The summed E-state index contributed by atoms with van der Waals surface area (Å²) in [5.41, 5.74) is 7.66. The Labute approximate surface area is 227 Å². The number of primary amides is 1. The SMILES string of the molecule is CCCC(CCCCCCCCCCCCCCC(N)=O)c1ccccc1COC(=O)NCCN(C)C. The molecule has 3 N–H and O–H groups in total. The fourth-order valence-corrected chi connectivity index (χ4v) is 4.90. The van der Waals surface area contributed by atoms with Crippen LogP contribution in [0.1, 0.15) is 127 Å². The molecule has 0 bridgehead atoms. The lowest BCUT2D eigenvalue weighted by Gasteiger charge is -2.20. The van der Waals surface area contributed by atoms with E-state index in [1.54, 1.807) is 0 Å². The fourth-order valence-electron chi connectivity index (χ4n) is 4.90. The summed E-state index contributed by atoms with van der Waals surface area (Å²) in [6.45, 7) is 3.97. The highest BCUT2D eigenvalue weighted by Gasteiger charge is 2.15. The normalized spacial score (nSPS) is 12.0. The number of rotatable bonds is 23. The molecule has 212 valence electrons. The summed E-state index contributed by atoms with van der Waals surface area (Å²) >= 11 is 0. The van der Waals surface area contributed by atoms with Gasteiger partial charge >= 0.3 is 6.09 Å². The Bertz CT molecular complexity index is 723. The van der Waals surface area contributed by atoms with Crippen LogP contribution in [0.3, 0.4) is 0 Å². The van der Waals surface area contributed by atoms with Crippen molar-refractivity contribution in [2.24, 2.45) is 5.73 Å². The number of carbonyl (C=O) groups is 2. The van der Waals surface area contributed by atoms with E-state index in [-0.39, 0.29) is 12.0 Å². The molecule has 0 radical (unpaired) electrons. The monoisotopic (exact) mass is 517 g/mol. The van der Waals surface area contributed by atoms with E-state index in [9.17, 15) is 9.59 Å². The number of hydrogen-bond acceptors (Lipinski definition) is 4. The average Bonchev–Trinajstić information content (AvgIpc) is 2.86. The van der Waals surface area contributed by atoms with Crippen molar-refractivity contribution < 1.29 is 14.3 Å². The van der Waals surface area contributed by atoms with Crippen LogP contribution in [0.2, 0.25) is 0 Å². The van der Waals surface area contributed by atoms with Crippen LogP contribution in [-0.4, -0.2) is 44.1 Å². The first kappa shape index (κ1) is 32.9. The first-order valence-electron chi connectivity index (χ1n) is 14.9. The van der Waals surface area contributed by atoms with Gasteiger partial charge in [-0.3, -0.25) is 4.79 Å². The average molecular weight is 518 g/mol. The van der Waals surface area contributed by atoms with Crippen LogP contribution in [0.5, 0.6) is 0 Å². The summed E-state index contributed by atoms with van der Waals surface area (Å²) in [5.74, 6) is 0.359. The molecule has 0 heterocycles. The van der Waals surface area contributed by atoms with Crippen molar-refractivity contribution in [1.82, 2.24) is 10.2 Å². The number of amides is 2. The van der Waals surface area contributed by atoms with Crippen LogP contribution in [0.4, 0.5) is 4.79 Å². The van der Waals surface area contributed by atoms with Gasteiger partial charge in [-0.25, -0.2) is 4.79 Å². The Morgan fingerprint density at radius 1 is 0.865 bits per heavy atom. The van der Waals surface area contributed by atoms with E-state index in [1.165, 1.54) is 82.6 Å². The zero-order valence-electron chi connectivity index (χ0n) is 24.1. The maximum absolute atomic E-state index is 12.1. The number of unbranched alkanes of at least 4 members (excludes halogenated alkanes) is 11. The molecule has 6 heteroatoms. The molecule has 0 spiro atoms. The quantitative estimate of drug-likeness (QED) is 0.149. The number of ether oxygens (including phenoxy) is 1. The number of nitrogens with two attached hydrogens (primary N) is 1. The minimum atomic E-state index is -0.344. The maximum Gasteiger partial charge on any atom is 0.407 e. The summed E-state index contributed by atoms with van der Waals surface area (Å²) in [4.78, 5) is 24.8. The van der Waals surface area contributed by atoms with Crippen LogP contribution in [-0.2, 0) is 16.1 Å². The van der Waals surface area contributed by atoms with E-state index in [0.717, 1.165) is 31.4 Å². The lowest BCUT2D eigenvalue weighted by molar-refractivity contribution is -0.118. The first-order valence-corrected chi connectivity index (χ1v) is 14.9. The van der Waals surface area contributed by atoms with Gasteiger partial charge in [0.2, 0.25) is 5.91 Å². The standard InChI is InChI=1S/C31H55N3O3/c1-4-19-27(20-15-13-11-9-7-5-6-8-10-12-14-16-23-30(32)35)29-22-18-17-21-28(29)26-37-31(36)33-24-25-34(2)3/h17-18,21-22,27H,4-16,19-20,23-26H2,1-3H3,(H2,32,35)(H,33,36). The van der Waals surface area contributed by atoms with Crippen molar-refractivity contribution in [1.29, 1.82) is 0 Å². The molecule has 0 aliphatic carbocycles. The van der Waals surface area contributed by atoms with E-state index in [4.69, 9.17) is 10.5 Å². The van der Waals surface area contributed by atoms with Gasteiger partial charge in [-0.1, -0.05) is 108 Å². The first-order chi connectivity index (χ1) is 17.9. The molecule has 0 saturated heterocycles. The zero-order valence-corrected chi connectivity index (χ0v) is 24.1. The second-order valence-corrected chi connectivity index (χ2v) is 10.7. The molecule has 0 fully saturated rings. The maximum atomic E-state index is 12.1. The van der Waals surface area contributed by atoms with Crippen LogP contribution < -0.4 is 11.1 Å². The van der Waals surface area contributed by atoms with E-state index in [0.29, 0.717) is 25.5 Å². The second kappa shape index (κ2) is 22.0. The highest BCUT2D eigenvalue weighted by Crippen LogP contribution is 2.30. The predicted octanol–water partition coefficient (Wildman–Crippen LogP) is 7.30. The fraction of sp³-hybridized carbons (Fsp3) is 0.742. The lowest BCUT2D eigenvalue weighted by atomic mass is 9.86. The molecule has 0 aromatic heterocycles. The summed E-state index contributed by atoms with van der Waals surface area (Å²) in [6.07, 6.45) is 18.9. The minimum absolute atomic E-state index is 0.173. The topological polar surface area (TPSA) is 84.7 Å². The molecule has 0 aliphatic heterocycles. The Kier molecular flexibility index (Phi) is 19.5. The molecular formula is C31H55N3O3. The van der Waals surface area contributed by atoms with Crippen molar-refractivity contribution in [3.05, 3.63) is 35.4 Å². The lowest BCUT2D eigenvalue weighted by Crippen LogP contribution is -2.31. The number of likely N-dealkylation sites (N-methyl/N-ethyl adjacent to an activating group) is 1. The largest absolute Gasteiger partial charge is 0.445 e. The molecule has 1 aromatic rings. The van der Waals surface area contributed by atoms with Crippen molar-refractivity contribution in [3.63, 3.8) is 0 Å². The van der Waals surface area contributed by atoms with Gasteiger partial charge in [0.05, 0.1) is 0 Å². The number of carbonyl (C=O) groups excluding carboxylic acids is 2. The van der Waals surface area contributed by atoms with E-state index < -0.39 is 0 Å².